The second-order valence-electron chi connectivity index (χ2n) is 5.08. The molecular formula is C16H18ClFN4O. The third-order valence-electron chi connectivity index (χ3n) is 3.08. The summed E-state index contributed by atoms with van der Waals surface area (Å²) in [5, 5.41) is 5.68. The van der Waals surface area contributed by atoms with Crippen molar-refractivity contribution >= 4 is 29.1 Å². The van der Waals surface area contributed by atoms with Crippen molar-refractivity contribution in [3.8, 4) is 0 Å². The average Bonchev–Trinajstić information content (AvgIpc) is 2.51. The minimum Gasteiger partial charge on any atom is -0.354 e. The third kappa shape index (κ3) is 4.89. The molecule has 2 rings (SSSR count). The summed E-state index contributed by atoms with van der Waals surface area (Å²) >= 11 is 5.70. The molecule has 1 heterocycles. The fourth-order valence-electron chi connectivity index (χ4n) is 1.91. The number of carbonyl (C=O) groups is 1. The van der Waals surface area contributed by atoms with Gasteiger partial charge >= 0.3 is 0 Å². The lowest BCUT2D eigenvalue weighted by Crippen LogP contribution is -2.16. The standard InChI is InChI=1S/C16H18ClFN4O/c1-3-4-7-19-16-20-10(2)8-14(22-16)15(23)21-11-5-6-13(18)12(17)9-11/h5-6,8-9H,3-4,7H2,1-2H3,(H,21,23)(H,19,20,22). The molecule has 2 N–H and O–H groups in total. The van der Waals surface area contributed by atoms with Crippen molar-refractivity contribution in [1.29, 1.82) is 0 Å². The molecule has 1 amide bonds. The molecule has 0 saturated carbocycles. The van der Waals surface area contributed by atoms with Crippen molar-refractivity contribution in [2.45, 2.75) is 26.7 Å². The molecule has 0 bridgehead atoms. The van der Waals surface area contributed by atoms with Crippen LogP contribution in [0.2, 0.25) is 5.02 Å². The maximum atomic E-state index is 13.1. The van der Waals surface area contributed by atoms with Gasteiger partial charge in [-0.2, -0.15) is 0 Å². The molecule has 122 valence electrons. The number of halogens is 2. The Hall–Kier alpha value is -2.21. The number of aryl methyl sites for hydroxylation is 1. The largest absolute Gasteiger partial charge is 0.354 e. The van der Waals surface area contributed by atoms with Gasteiger partial charge in [-0.3, -0.25) is 4.79 Å². The van der Waals surface area contributed by atoms with Crippen molar-refractivity contribution in [3.63, 3.8) is 0 Å². The van der Waals surface area contributed by atoms with Gasteiger partial charge in [-0.15, -0.1) is 0 Å². The minimum absolute atomic E-state index is 0.0522. The maximum absolute atomic E-state index is 13.1. The molecule has 7 heteroatoms. The van der Waals surface area contributed by atoms with E-state index in [1.165, 1.54) is 18.2 Å². The van der Waals surface area contributed by atoms with E-state index in [0.29, 0.717) is 17.3 Å². The Morgan fingerprint density at radius 2 is 2.09 bits per heavy atom. The highest BCUT2D eigenvalue weighted by Crippen LogP contribution is 2.20. The molecule has 2 aromatic rings. The van der Waals surface area contributed by atoms with Gasteiger partial charge in [0.15, 0.2) is 0 Å². The minimum atomic E-state index is -0.537. The Kier molecular flexibility index (Phi) is 5.87. The maximum Gasteiger partial charge on any atom is 0.274 e. The first-order chi connectivity index (χ1) is 11.0. The van der Waals surface area contributed by atoms with Crippen LogP contribution in [0.3, 0.4) is 0 Å². The molecule has 0 aliphatic carbocycles. The van der Waals surface area contributed by atoms with Gasteiger partial charge in [0.1, 0.15) is 11.5 Å². The second-order valence-corrected chi connectivity index (χ2v) is 5.49. The topological polar surface area (TPSA) is 66.9 Å². The van der Waals surface area contributed by atoms with Crippen LogP contribution in [-0.4, -0.2) is 22.4 Å². The zero-order chi connectivity index (χ0) is 16.8. The fraction of sp³-hybridized carbons (Fsp3) is 0.312. The molecule has 0 aliphatic rings. The fourth-order valence-corrected chi connectivity index (χ4v) is 2.09. The van der Waals surface area contributed by atoms with E-state index in [0.717, 1.165) is 19.4 Å². The second kappa shape index (κ2) is 7.87. The van der Waals surface area contributed by atoms with Crippen LogP contribution in [0, 0.1) is 12.7 Å². The zero-order valence-electron chi connectivity index (χ0n) is 13.0. The zero-order valence-corrected chi connectivity index (χ0v) is 13.7. The number of amides is 1. The summed E-state index contributed by atoms with van der Waals surface area (Å²) in [5.74, 6) is -0.526. The summed E-state index contributed by atoms with van der Waals surface area (Å²) < 4.78 is 13.1. The van der Waals surface area contributed by atoms with Gasteiger partial charge in [0, 0.05) is 17.9 Å². The first-order valence-corrected chi connectivity index (χ1v) is 7.73. The van der Waals surface area contributed by atoms with E-state index in [2.05, 4.69) is 27.5 Å². The predicted molar refractivity (Wildman–Crippen MR) is 89.5 cm³/mol. The Bertz CT molecular complexity index is 708. The van der Waals surface area contributed by atoms with Crippen molar-refractivity contribution in [2.75, 3.05) is 17.2 Å². The van der Waals surface area contributed by atoms with Crippen LogP contribution in [0.5, 0.6) is 0 Å². The van der Waals surface area contributed by atoms with Crippen LogP contribution in [0.15, 0.2) is 24.3 Å². The number of nitrogens with one attached hydrogen (secondary N) is 2. The van der Waals surface area contributed by atoms with Crippen LogP contribution >= 0.6 is 11.6 Å². The van der Waals surface area contributed by atoms with Gasteiger partial charge in [0.05, 0.1) is 5.02 Å². The van der Waals surface area contributed by atoms with Gasteiger partial charge in [-0.1, -0.05) is 24.9 Å². The number of hydrogen-bond acceptors (Lipinski definition) is 4. The van der Waals surface area contributed by atoms with Gasteiger partial charge in [-0.05, 0) is 37.6 Å². The van der Waals surface area contributed by atoms with Crippen molar-refractivity contribution in [2.24, 2.45) is 0 Å². The number of benzene rings is 1. The van der Waals surface area contributed by atoms with E-state index < -0.39 is 11.7 Å². The number of hydrogen-bond donors (Lipinski definition) is 2. The summed E-state index contributed by atoms with van der Waals surface area (Å²) in [7, 11) is 0. The molecular weight excluding hydrogens is 319 g/mol. The van der Waals surface area contributed by atoms with E-state index in [4.69, 9.17) is 11.6 Å². The van der Waals surface area contributed by atoms with E-state index in [1.54, 1.807) is 13.0 Å². The molecule has 1 aromatic carbocycles. The van der Waals surface area contributed by atoms with E-state index >= 15 is 0 Å². The summed E-state index contributed by atoms with van der Waals surface area (Å²) in [6.45, 7) is 4.62. The predicted octanol–water partition coefficient (Wildman–Crippen LogP) is 4.04. The van der Waals surface area contributed by atoms with Gasteiger partial charge in [0.25, 0.3) is 5.91 Å². The van der Waals surface area contributed by atoms with Crippen molar-refractivity contribution in [3.05, 3.63) is 46.5 Å². The first-order valence-electron chi connectivity index (χ1n) is 7.35. The number of unbranched alkanes of at least 4 members (excludes halogenated alkanes) is 1. The average molecular weight is 337 g/mol. The highest BCUT2D eigenvalue weighted by atomic mass is 35.5. The van der Waals surface area contributed by atoms with Crippen LogP contribution < -0.4 is 10.6 Å². The van der Waals surface area contributed by atoms with Crippen LogP contribution in [-0.2, 0) is 0 Å². The highest BCUT2D eigenvalue weighted by molar-refractivity contribution is 6.31. The molecule has 0 unspecified atom stereocenters. The number of anilines is 2. The molecule has 0 saturated heterocycles. The first kappa shape index (κ1) is 17.1. The summed E-state index contributed by atoms with van der Waals surface area (Å²) in [6, 6.07) is 5.57. The van der Waals surface area contributed by atoms with Crippen LogP contribution in [0.25, 0.3) is 0 Å². The molecule has 23 heavy (non-hydrogen) atoms. The summed E-state index contributed by atoms with van der Waals surface area (Å²) in [4.78, 5) is 20.7. The molecule has 0 fully saturated rings. The lowest BCUT2D eigenvalue weighted by molar-refractivity contribution is 0.102. The summed E-state index contributed by atoms with van der Waals surface area (Å²) in [5.41, 5.74) is 1.32. The Labute approximate surface area is 139 Å². The monoisotopic (exact) mass is 336 g/mol. The molecule has 0 radical (unpaired) electrons. The Morgan fingerprint density at radius 3 is 2.78 bits per heavy atom. The molecule has 5 nitrogen and oxygen atoms in total. The van der Waals surface area contributed by atoms with Crippen LogP contribution in [0.1, 0.15) is 35.9 Å². The van der Waals surface area contributed by atoms with E-state index in [-0.39, 0.29) is 10.7 Å². The van der Waals surface area contributed by atoms with E-state index in [1.807, 2.05) is 0 Å². The van der Waals surface area contributed by atoms with Crippen molar-refractivity contribution < 1.29 is 9.18 Å². The SMILES string of the molecule is CCCCNc1nc(C)cc(C(=O)Nc2ccc(F)c(Cl)c2)n1. The van der Waals surface area contributed by atoms with Gasteiger partial charge in [-0.25, -0.2) is 14.4 Å². The quantitative estimate of drug-likeness (QED) is 0.781. The number of carbonyl (C=O) groups excluding carboxylic acids is 1. The van der Waals surface area contributed by atoms with Gasteiger partial charge < -0.3 is 10.6 Å². The number of rotatable bonds is 6. The summed E-state index contributed by atoms with van der Waals surface area (Å²) in [6.07, 6.45) is 2.05. The van der Waals surface area contributed by atoms with Crippen molar-refractivity contribution in [1.82, 2.24) is 9.97 Å². The molecule has 0 atom stereocenters. The Balaban J connectivity index is 2.13. The normalized spacial score (nSPS) is 10.4. The molecule has 0 aliphatic heterocycles. The Morgan fingerprint density at radius 1 is 1.30 bits per heavy atom. The lowest BCUT2D eigenvalue weighted by Gasteiger charge is -2.09. The smallest absolute Gasteiger partial charge is 0.274 e. The molecule has 1 aromatic heterocycles. The number of nitrogens with zero attached hydrogens (tertiary/aromatic N) is 2. The number of aromatic nitrogens is 2. The van der Waals surface area contributed by atoms with Crippen LogP contribution in [0.4, 0.5) is 16.0 Å². The van der Waals surface area contributed by atoms with E-state index in [9.17, 15) is 9.18 Å². The lowest BCUT2D eigenvalue weighted by atomic mass is 10.2. The molecule has 0 spiro atoms. The third-order valence-corrected chi connectivity index (χ3v) is 3.37. The van der Waals surface area contributed by atoms with Gasteiger partial charge in [0.2, 0.25) is 5.95 Å². The highest BCUT2D eigenvalue weighted by Gasteiger charge is 2.12.